The second kappa shape index (κ2) is 9.71. The average Bonchev–Trinajstić information content (AvgIpc) is 3.06. The number of thioether (sulfide) groups is 1. The lowest BCUT2D eigenvalue weighted by Crippen LogP contribution is -2.16. The zero-order valence-corrected chi connectivity index (χ0v) is 18.4. The van der Waals surface area contributed by atoms with Crippen molar-refractivity contribution in [1.82, 2.24) is 4.90 Å². The van der Waals surface area contributed by atoms with Gasteiger partial charge in [0.25, 0.3) is 5.24 Å². The third-order valence-corrected chi connectivity index (χ3v) is 5.48. The molecule has 6 nitrogen and oxygen atoms in total. The normalized spacial score (nSPS) is 14.9. The van der Waals surface area contributed by atoms with E-state index in [0.29, 0.717) is 12.3 Å². The summed E-state index contributed by atoms with van der Waals surface area (Å²) in [5.41, 5.74) is 2.58. The Morgan fingerprint density at radius 3 is 2.67 bits per heavy atom. The number of ether oxygens (including phenoxy) is 2. The molecule has 0 saturated heterocycles. The molecule has 0 fully saturated rings. The molecule has 1 aliphatic rings. The maximum Gasteiger partial charge on any atom is 0.285 e. The van der Waals surface area contributed by atoms with Gasteiger partial charge in [-0.2, -0.15) is 0 Å². The van der Waals surface area contributed by atoms with Crippen LogP contribution in [0.2, 0.25) is 0 Å². The highest BCUT2D eigenvalue weighted by Crippen LogP contribution is 2.35. The average molecular weight is 427 g/mol. The van der Waals surface area contributed by atoms with E-state index in [4.69, 9.17) is 9.47 Å². The van der Waals surface area contributed by atoms with E-state index in [1.54, 1.807) is 44.4 Å². The van der Waals surface area contributed by atoms with Gasteiger partial charge < -0.3 is 19.7 Å². The minimum Gasteiger partial charge on any atom is -0.493 e. The van der Waals surface area contributed by atoms with Crippen molar-refractivity contribution in [3.05, 3.63) is 53.6 Å². The van der Waals surface area contributed by atoms with Gasteiger partial charge >= 0.3 is 0 Å². The first kappa shape index (κ1) is 21.8. The lowest BCUT2D eigenvalue weighted by atomic mass is 10.1. The first-order valence-electron chi connectivity index (χ1n) is 9.80. The molecular weight excluding hydrogens is 400 g/mol. The Balaban J connectivity index is 1.66. The molecule has 0 aromatic heterocycles. The predicted octanol–water partition coefficient (Wildman–Crippen LogP) is 4.83. The molecule has 2 amide bonds. The van der Waals surface area contributed by atoms with E-state index >= 15 is 0 Å². The number of hydrogen-bond acceptors (Lipinski definition) is 5. The van der Waals surface area contributed by atoms with Crippen molar-refractivity contribution in [3.63, 3.8) is 0 Å². The topological polar surface area (TPSA) is 67.9 Å². The zero-order chi connectivity index (χ0) is 21.7. The van der Waals surface area contributed by atoms with Crippen molar-refractivity contribution in [2.75, 3.05) is 26.0 Å². The molecular formula is C23H26N2O4S. The Hall–Kier alpha value is -2.93. The van der Waals surface area contributed by atoms with E-state index in [1.807, 2.05) is 26.0 Å². The van der Waals surface area contributed by atoms with E-state index in [1.165, 1.54) is 11.0 Å². The molecule has 2 aromatic rings. The van der Waals surface area contributed by atoms with Gasteiger partial charge in [-0.1, -0.05) is 0 Å². The molecule has 7 heteroatoms. The molecule has 0 spiro atoms. The molecule has 3 rings (SSSR count). The Labute approximate surface area is 181 Å². The lowest BCUT2D eigenvalue weighted by Gasteiger charge is -2.10. The summed E-state index contributed by atoms with van der Waals surface area (Å²) in [4.78, 5) is 26.4. The van der Waals surface area contributed by atoms with E-state index < -0.39 is 0 Å². The summed E-state index contributed by atoms with van der Waals surface area (Å²) in [6, 6.07) is 11.1. The number of fused-ring (bicyclic) bond motifs is 1. The molecule has 0 radical (unpaired) electrons. The first-order valence-corrected chi connectivity index (χ1v) is 10.6. The van der Waals surface area contributed by atoms with Gasteiger partial charge in [0.15, 0.2) is 0 Å². The molecule has 1 heterocycles. The van der Waals surface area contributed by atoms with Gasteiger partial charge in [-0.25, -0.2) is 0 Å². The summed E-state index contributed by atoms with van der Waals surface area (Å²) in [5.74, 6) is 1.33. The van der Waals surface area contributed by atoms with Gasteiger partial charge in [0.05, 0.1) is 6.61 Å². The SMILES string of the molecule is CCOc1cc2c(cc1/C=C/C(=O)Nc1ccc(SC(=O)N(C)C)cc1)OC(C)C2. The van der Waals surface area contributed by atoms with Crippen molar-refractivity contribution in [2.45, 2.75) is 31.3 Å². The number of anilines is 1. The van der Waals surface area contributed by atoms with Gasteiger partial charge in [-0.3, -0.25) is 9.59 Å². The van der Waals surface area contributed by atoms with E-state index in [2.05, 4.69) is 5.32 Å². The maximum absolute atomic E-state index is 12.4. The fraction of sp³-hybridized carbons (Fsp3) is 0.304. The van der Waals surface area contributed by atoms with E-state index in [9.17, 15) is 9.59 Å². The lowest BCUT2D eigenvalue weighted by molar-refractivity contribution is -0.111. The monoisotopic (exact) mass is 426 g/mol. The summed E-state index contributed by atoms with van der Waals surface area (Å²) in [6.45, 7) is 4.51. The summed E-state index contributed by atoms with van der Waals surface area (Å²) >= 11 is 1.14. The van der Waals surface area contributed by atoms with Crippen LogP contribution in [-0.4, -0.2) is 42.9 Å². The van der Waals surface area contributed by atoms with Crippen LogP contribution in [0.5, 0.6) is 11.5 Å². The van der Waals surface area contributed by atoms with Gasteiger partial charge in [-0.05, 0) is 68.1 Å². The maximum atomic E-state index is 12.4. The van der Waals surface area contributed by atoms with Gasteiger partial charge in [0.1, 0.15) is 17.6 Å². The fourth-order valence-corrected chi connectivity index (χ4v) is 3.67. The van der Waals surface area contributed by atoms with Crippen molar-refractivity contribution in [3.8, 4) is 11.5 Å². The molecule has 0 bridgehead atoms. The minimum atomic E-state index is -0.253. The Morgan fingerprint density at radius 2 is 2.00 bits per heavy atom. The van der Waals surface area contributed by atoms with Crippen LogP contribution in [-0.2, 0) is 11.2 Å². The second-order valence-electron chi connectivity index (χ2n) is 7.17. The second-order valence-corrected chi connectivity index (χ2v) is 8.20. The van der Waals surface area contributed by atoms with Crippen molar-refractivity contribution in [2.24, 2.45) is 0 Å². The molecule has 1 unspecified atom stereocenters. The summed E-state index contributed by atoms with van der Waals surface area (Å²) in [6.07, 6.45) is 4.20. The molecule has 0 aliphatic carbocycles. The quantitative estimate of drug-likeness (QED) is 0.529. The molecule has 158 valence electrons. The van der Waals surface area contributed by atoms with Crippen LogP contribution in [0.3, 0.4) is 0 Å². The summed E-state index contributed by atoms with van der Waals surface area (Å²) < 4.78 is 11.6. The number of rotatable bonds is 6. The number of nitrogens with one attached hydrogen (secondary N) is 1. The molecule has 1 N–H and O–H groups in total. The van der Waals surface area contributed by atoms with Crippen LogP contribution in [0.4, 0.5) is 10.5 Å². The molecule has 1 aliphatic heterocycles. The zero-order valence-electron chi connectivity index (χ0n) is 17.6. The smallest absolute Gasteiger partial charge is 0.285 e. The molecule has 2 aromatic carbocycles. The van der Waals surface area contributed by atoms with Crippen LogP contribution in [0.25, 0.3) is 6.08 Å². The Morgan fingerprint density at radius 1 is 1.27 bits per heavy atom. The Bertz CT molecular complexity index is 954. The van der Waals surface area contributed by atoms with Crippen LogP contribution in [0, 0.1) is 0 Å². The number of amides is 2. The molecule has 1 atom stereocenters. The standard InChI is InChI=1S/C23H26N2O4S/c1-5-28-20-14-17-12-15(2)29-21(17)13-16(20)6-11-22(26)24-18-7-9-19(10-8-18)30-23(27)25(3)4/h6-11,13-15H,5,12H2,1-4H3,(H,24,26)/b11-6+. The summed E-state index contributed by atoms with van der Waals surface area (Å²) in [7, 11) is 3.42. The van der Waals surface area contributed by atoms with Crippen LogP contribution >= 0.6 is 11.8 Å². The highest BCUT2D eigenvalue weighted by Gasteiger charge is 2.21. The number of carbonyl (C=O) groups is 2. The predicted molar refractivity (Wildman–Crippen MR) is 120 cm³/mol. The number of hydrogen-bond donors (Lipinski definition) is 1. The van der Waals surface area contributed by atoms with E-state index in [0.717, 1.165) is 45.7 Å². The number of carbonyl (C=O) groups excluding carboxylic acids is 2. The van der Waals surface area contributed by atoms with Crippen LogP contribution in [0.1, 0.15) is 25.0 Å². The van der Waals surface area contributed by atoms with Gasteiger partial charge in [-0.15, -0.1) is 0 Å². The molecule has 0 saturated carbocycles. The third-order valence-electron chi connectivity index (χ3n) is 4.43. The van der Waals surface area contributed by atoms with Crippen LogP contribution in [0.15, 0.2) is 47.4 Å². The molecule has 30 heavy (non-hydrogen) atoms. The van der Waals surface area contributed by atoms with Crippen molar-refractivity contribution in [1.29, 1.82) is 0 Å². The van der Waals surface area contributed by atoms with Gasteiger partial charge in [0, 0.05) is 48.3 Å². The van der Waals surface area contributed by atoms with Crippen molar-refractivity contribution >= 4 is 34.7 Å². The summed E-state index contributed by atoms with van der Waals surface area (Å²) in [5, 5.41) is 2.78. The van der Waals surface area contributed by atoms with Crippen molar-refractivity contribution < 1.29 is 19.1 Å². The first-order chi connectivity index (χ1) is 14.4. The highest BCUT2D eigenvalue weighted by atomic mass is 32.2. The Kier molecular flexibility index (Phi) is 7.05. The fourth-order valence-electron chi connectivity index (χ4n) is 3.01. The van der Waals surface area contributed by atoms with E-state index in [-0.39, 0.29) is 17.3 Å². The van der Waals surface area contributed by atoms with Crippen LogP contribution < -0.4 is 14.8 Å². The van der Waals surface area contributed by atoms with Gasteiger partial charge in [0.2, 0.25) is 5.91 Å². The third kappa shape index (κ3) is 5.57. The largest absolute Gasteiger partial charge is 0.493 e. The number of nitrogens with zero attached hydrogens (tertiary/aromatic N) is 1. The number of benzene rings is 2. The minimum absolute atomic E-state index is 0.0486. The highest BCUT2D eigenvalue weighted by molar-refractivity contribution is 8.13.